The minimum Gasteiger partial charge on any atom is -0.493 e. The van der Waals surface area contributed by atoms with Gasteiger partial charge in [0.25, 0.3) is 0 Å². The molecule has 0 atom stereocenters. The van der Waals surface area contributed by atoms with Gasteiger partial charge in [-0.2, -0.15) is 0 Å². The molecule has 2 aromatic heterocycles. The van der Waals surface area contributed by atoms with Crippen molar-refractivity contribution in [3.05, 3.63) is 59.2 Å². The Bertz CT molecular complexity index is 1450. The summed E-state index contributed by atoms with van der Waals surface area (Å²) in [4.78, 5) is 25.4. The van der Waals surface area contributed by atoms with Gasteiger partial charge in [-0.15, -0.1) is 21.5 Å². The molecule has 38 heavy (non-hydrogen) atoms. The Hall–Kier alpha value is -3.90. The van der Waals surface area contributed by atoms with E-state index in [1.807, 2.05) is 23.6 Å². The van der Waals surface area contributed by atoms with Crippen molar-refractivity contribution in [2.45, 2.75) is 18.6 Å². The fraction of sp³-hybridized carbons (Fsp3) is 0.231. The molecule has 4 aromatic rings. The van der Waals surface area contributed by atoms with Gasteiger partial charge in [-0.1, -0.05) is 23.9 Å². The molecule has 1 N–H and O–H groups in total. The number of anilines is 1. The quantitative estimate of drug-likeness (QED) is 0.205. The second-order valence-electron chi connectivity index (χ2n) is 7.81. The van der Waals surface area contributed by atoms with Crippen LogP contribution in [0.25, 0.3) is 22.5 Å². The van der Waals surface area contributed by atoms with E-state index in [-0.39, 0.29) is 23.0 Å². The van der Waals surface area contributed by atoms with Crippen LogP contribution in [0.1, 0.15) is 17.3 Å². The monoisotopic (exact) mass is 556 g/mol. The third kappa shape index (κ3) is 5.65. The van der Waals surface area contributed by atoms with Crippen molar-refractivity contribution in [2.24, 2.45) is 0 Å². The molecule has 9 nitrogen and oxygen atoms in total. The van der Waals surface area contributed by atoms with Gasteiger partial charge in [-0.05, 0) is 42.8 Å². The molecule has 2 aromatic carbocycles. The number of halogens is 1. The lowest BCUT2D eigenvalue weighted by Crippen LogP contribution is -2.16. The Morgan fingerprint density at radius 3 is 2.39 bits per heavy atom. The third-order valence-corrected chi connectivity index (χ3v) is 7.46. The lowest BCUT2D eigenvalue weighted by atomic mass is 10.0. The molecule has 1 amide bonds. The number of aromatic nitrogens is 3. The summed E-state index contributed by atoms with van der Waals surface area (Å²) in [6.45, 7) is 2.54. The summed E-state index contributed by atoms with van der Waals surface area (Å²) in [6.07, 6.45) is 0. The number of hydrogen-bond acceptors (Lipinski definition) is 9. The maximum atomic E-state index is 13.4. The lowest BCUT2D eigenvalue weighted by Gasteiger charge is -2.11. The van der Waals surface area contributed by atoms with E-state index >= 15 is 0 Å². The van der Waals surface area contributed by atoms with Gasteiger partial charge in [-0.25, -0.2) is 9.18 Å². The number of methoxy groups -OCH3 is 3. The number of carbonyl (C=O) groups is 2. The number of rotatable bonds is 10. The normalized spacial score (nSPS) is 10.8. The van der Waals surface area contributed by atoms with Crippen LogP contribution in [0.2, 0.25) is 0 Å². The van der Waals surface area contributed by atoms with E-state index in [1.54, 1.807) is 37.8 Å². The molecular weight excluding hydrogens is 531 g/mol. The second kappa shape index (κ2) is 12.1. The van der Waals surface area contributed by atoms with E-state index in [0.29, 0.717) is 45.2 Å². The van der Waals surface area contributed by atoms with Gasteiger partial charge in [0.1, 0.15) is 16.4 Å². The van der Waals surface area contributed by atoms with Gasteiger partial charge >= 0.3 is 5.97 Å². The fourth-order valence-electron chi connectivity index (χ4n) is 3.76. The van der Waals surface area contributed by atoms with Crippen molar-refractivity contribution >= 4 is 40.0 Å². The summed E-state index contributed by atoms with van der Waals surface area (Å²) in [5, 5.41) is 14.0. The predicted molar refractivity (Wildman–Crippen MR) is 145 cm³/mol. The Balaban J connectivity index is 1.51. The zero-order valence-corrected chi connectivity index (χ0v) is 22.7. The van der Waals surface area contributed by atoms with E-state index in [1.165, 1.54) is 42.3 Å². The van der Waals surface area contributed by atoms with Crippen molar-refractivity contribution in [3.8, 4) is 34.0 Å². The highest BCUT2D eigenvalue weighted by Crippen LogP contribution is 2.37. The van der Waals surface area contributed by atoms with E-state index in [9.17, 15) is 14.0 Å². The molecule has 0 saturated heterocycles. The van der Waals surface area contributed by atoms with Crippen LogP contribution in [0, 0.1) is 5.82 Å². The average Bonchev–Trinajstić information content (AvgIpc) is 3.55. The van der Waals surface area contributed by atoms with Crippen LogP contribution < -0.4 is 14.8 Å². The number of thioether (sulfide) groups is 1. The van der Waals surface area contributed by atoms with Crippen LogP contribution in [0.15, 0.2) is 53.0 Å². The van der Waals surface area contributed by atoms with Gasteiger partial charge in [0.05, 0.1) is 27.1 Å². The average molecular weight is 557 g/mol. The molecule has 0 bridgehead atoms. The maximum Gasteiger partial charge on any atom is 0.341 e. The van der Waals surface area contributed by atoms with Crippen LogP contribution >= 0.6 is 23.1 Å². The molecular formula is C26H25FN4O5S2. The maximum absolute atomic E-state index is 13.4. The van der Waals surface area contributed by atoms with Crippen molar-refractivity contribution in [3.63, 3.8) is 0 Å². The van der Waals surface area contributed by atoms with Crippen molar-refractivity contribution in [2.75, 3.05) is 32.4 Å². The summed E-state index contributed by atoms with van der Waals surface area (Å²) in [5.74, 6) is 0.530. The van der Waals surface area contributed by atoms with Gasteiger partial charge in [-0.3, -0.25) is 4.79 Å². The minimum atomic E-state index is -0.598. The highest BCUT2D eigenvalue weighted by Gasteiger charge is 2.23. The highest BCUT2D eigenvalue weighted by atomic mass is 32.2. The number of hydrogen-bond donors (Lipinski definition) is 1. The number of nitrogens with one attached hydrogen (secondary N) is 1. The minimum absolute atomic E-state index is 0.0362. The fourth-order valence-corrected chi connectivity index (χ4v) is 5.53. The molecule has 0 aliphatic rings. The zero-order chi connectivity index (χ0) is 27.2. The van der Waals surface area contributed by atoms with Gasteiger partial charge in [0.15, 0.2) is 22.5 Å². The number of thiophene rings is 1. The van der Waals surface area contributed by atoms with Crippen LogP contribution in [0.4, 0.5) is 9.39 Å². The Labute approximate surface area is 226 Å². The van der Waals surface area contributed by atoms with Crippen molar-refractivity contribution in [1.82, 2.24) is 14.8 Å². The summed E-state index contributed by atoms with van der Waals surface area (Å²) >= 11 is 2.42. The molecule has 4 rings (SSSR count). The van der Waals surface area contributed by atoms with Crippen LogP contribution in [0.5, 0.6) is 11.5 Å². The molecule has 12 heteroatoms. The third-order valence-electron chi connectivity index (χ3n) is 5.60. The summed E-state index contributed by atoms with van der Waals surface area (Å²) in [5.41, 5.74) is 2.20. The Morgan fingerprint density at radius 1 is 1.03 bits per heavy atom. The van der Waals surface area contributed by atoms with Gasteiger partial charge in [0.2, 0.25) is 5.91 Å². The standard InChI is InChI=1S/C26H25FN4O5S2/c1-5-31-23(16-8-11-19(34-2)20(12-16)35-3)29-30-26(31)38-14-21(32)28-24-22(25(33)36-4)18(13-37-24)15-6-9-17(27)10-7-15/h6-13H,5,14H2,1-4H3,(H,28,32). The summed E-state index contributed by atoms with van der Waals surface area (Å²) in [7, 11) is 4.40. The molecule has 0 saturated carbocycles. The van der Waals surface area contributed by atoms with Crippen LogP contribution in [-0.2, 0) is 16.1 Å². The predicted octanol–water partition coefficient (Wildman–Crippen LogP) is 5.37. The van der Waals surface area contributed by atoms with Gasteiger partial charge < -0.3 is 24.1 Å². The van der Waals surface area contributed by atoms with Gasteiger partial charge in [0, 0.05) is 23.1 Å². The molecule has 0 radical (unpaired) electrons. The number of benzene rings is 2. The smallest absolute Gasteiger partial charge is 0.341 e. The SMILES string of the molecule is CCn1c(SCC(=O)Nc2scc(-c3ccc(F)cc3)c2C(=O)OC)nnc1-c1ccc(OC)c(OC)c1. The number of amides is 1. The first-order valence-electron chi connectivity index (χ1n) is 11.4. The van der Waals surface area contributed by atoms with Crippen molar-refractivity contribution < 1.29 is 28.2 Å². The Morgan fingerprint density at radius 2 is 1.74 bits per heavy atom. The van der Waals surface area contributed by atoms with Crippen LogP contribution in [-0.4, -0.2) is 53.7 Å². The summed E-state index contributed by atoms with van der Waals surface area (Å²) < 4.78 is 30.9. The molecule has 0 aliphatic heterocycles. The topological polar surface area (TPSA) is 105 Å². The molecule has 0 spiro atoms. The molecule has 2 heterocycles. The summed E-state index contributed by atoms with van der Waals surface area (Å²) in [6, 6.07) is 11.2. The number of carbonyl (C=O) groups excluding carboxylic acids is 2. The first-order valence-corrected chi connectivity index (χ1v) is 13.3. The molecule has 0 unspecified atom stereocenters. The highest BCUT2D eigenvalue weighted by molar-refractivity contribution is 7.99. The van der Waals surface area contributed by atoms with E-state index in [0.717, 1.165) is 5.56 Å². The van der Waals surface area contributed by atoms with Crippen molar-refractivity contribution in [1.29, 1.82) is 0 Å². The largest absolute Gasteiger partial charge is 0.493 e. The second-order valence-corrected chi connectivity index (χ2v) is 9.63. The zero-order valence-electron chi connectivity index (χ0n) is 21.1. The molecule has 0 aliphatic carbocycles. The molecule has 0 fully saturated rings. The van der Waals surface area contributed by atoms with E-state index in [2.05, 4.69) is 15.5 Å². The Kier molecular flexibility index (Phi) is 8.64. The van der Waals surface area contributed by atoms with E-state index in [4.69, 9.17) is 14.2 Å². The number of esters is 1. The first kappa shape index (κ1) is 27.1. The number of nitrogens with zero attached hydrogens (tertiary/aromatic N) is 3. The first-order chi connectivity index (χ1) is 18.4. The van der Waals surface area contributed by atoms with E-state index < -0.39 is 5.97 Å². The number of ether oxygens (including phenoxy) is 3. The molecule has 198 valence electrons. The van der Waals surface area contributed by atoms with Crippen LogP contribution in [0.3, 0.4) is 0 Å². The lowest BCUT2D eigenvalue weighted by molar-refractivity contribution is -0.113.